The molecule has 1 aliphatic rings. The Balaban J connectivity index is 1.91. The van der Waals surface area contributed by atoms with Gasteiger partial charge in [-0.25, -0.2) is 0 Å². The number of rotatable bonds is 5. The van der Waals surface area contributed by atoms with Gasteiger partial charge in [0.05, 0.1) is 19.3 Å². The summed E-state index contributed by atoms with van der Waals surface area (Å²) in [5, 5.41) is 0. The van der Waals surface area contributed by atoms with Crippen LogP contribution in [0.5, 0.6) is 0 Å². The first-order valence-electron chi connectivity index (χ1n) is 5.46. The summed E-state index contributed by atoms with van der Waals surface area (Å²) in [5.74, 6) is 0. The van der Waals surface area contributed by atoms with Gasteiger partial charge in [0.1, 0.15) is 0 Å². The zero-order valence-corrected chi connectivity index (χ0v) is 10.9. The Bertz CT molecular complexity index is 357. The lowest BCUT2D eigenvalue weighted by Gasteiger charge is -2.13. The van der Waals surface area contributed by atoms with E-state index in [0.29, 0.717) is 19.3 Å². The molecule has 0 fully saturated rings. The quantitative estimate of drug-likeness (QED) is 0.666. The smallest absolute Gasteiger partial charge is 0.0916 e. The van der Waals surface area contributed by atoms with E-state index in [0.717, 1.165) is 17.3 Å². The maximum absolute atomic E-state index is 5.36. The molecule has 1 atom stereocenters. The fourth-order valence-corrected chi connectivity index (χ4v) is 2.40. The van der Waals surface area contributed by atoms with Gasteiger partial charge in [0.2, 0.25) is 0 Å². The minimum Gasteiger partial charge on any atom is -0.382 e. The number of nitrogens with one attached hydrogen (secondary N) is 1. The van der Waals surface area contributed by atoms with Gasteiger partial charge in [0.15, 0.2) is 0 Å². The van der Waals surface area contributed by atoms with Crippen LogP contribution in [0, 0.1) is 0 Å². The van der Waals surface area contributed by atoms with Crippen LogP contribution in [-0.2, 0) is 16.0 Å². The van der Waals surface area contributed by atoms with Crippen LogP contribution in [0.15, 0.2) is 22.7 Å². The molecular weight excluding hydrogens is 270 g/mol. The standard InChI is InChI=1S/C12H16BrNO2/c1-15-6-7-16-14-12-5-2-9-8-10(13)3-4-11(9)12/h3-4,8,12,14H,2,5-7H2,1H3. The normalized spacial score (nSPS) is 18.8. The SMILES string of the molecule is COCCONC1CCc2cc(Br)ccc21. The highest BCUT2D eigenvalue weighted by molar-refractivity contribution is 9.10. The predicted molar refractivity (Wildman–Crippen MR) is 66.2 cm³/mol. The van der Waals surface area contributed by atoms with Gasteiger partial charge in [-0.15, -0.1) is 0 Å². The third-order valence-corrected chi connectivity index (χ3v) is 3.29. The first kappa shape index (κ1) is 12.0. The van der Waals surface area contributed by atoms with Crippen LogP contribution in [0.1, 0.15) is 23.6 Å². The van der Waals surface area contributed by atoms with E-state index in [1.165, 1.54) is 11.1 Å². The summed E-state index contributed by atoms with van der Waals surface area (Å²) in [4.78, 5) is 5.36. The highest BCUT2D eigenvalue weighted by Gasteiger charge is 2.22. The Kier molecular flexibility index (Phi) is 4.35. The maximum Gasteiger partial charge on any atom is 0.0916 e. The van der Waals surface area contributed by atoms with Crippen molar-refractivity contribution in [2.45, 2.75) is 18.9 Å². The third-order valence-electron chi connectivity index (χ3n) is 2.80. The van der Waals surface area contributed by atoms with Gasteiger partial charge in [-0.2, -0.15) is 5.48 Å². The number of hydrogen-bond acceptors (Lipinski definition) is 3. The lowest BCUT2D eigenvalue weighted by Crippen LogP contribution is -2.21. The molecule has 3 nitrogen and oxygen atoms in total. The Morgan fingerprint density at radius 1 is 1.44 bits per heavy atom. The molecule has 0 aliphatic heterocycles. The van der Waals surface area contributed by atoms with Gasteiger partial charge < -0.3 is 4.74 Å². The molecule has 0 amide bonds. The zero-order chi connectivity index (χ0) is 11.4. The van der Waals surface area contributed by atoms with Crippen molar-refractivity contribution < 1.29 is 9.57 Å². The molecule has 1 N–H and O–H groups in total. The molecule has 0 heterocycles. The van der Waals surface area contributed by atoms with E-state index in [4.69, 9.17) is 9.57 Å². The number of methoxy groups -OCH3 is 1. The first-order valence-corrected chi connectivity index (χ1v) is 6.25. The third kappa shape index (κ3) is 2.83. The van der Waals surface area contributed by atoms with Crippen molar-refractivity contribution in [1.29, 1.82) is 0 Å². The van der Waals surface area contributed by atoms with Crippen molar-refractivity contribution in [2.24, 2.45) is 0 Å². The number of aryl methyl sites for hydroxylation is 1. The summed E-state index contributed by atoms with van der Waals surface area (Å²) >= 11 is 3.49. The number of hydrogen-bond donors (Lipinski definition) is 1. The molecule has 88 valence electrons. The molecule has 0 radical (unpaired) electrons. The van der Waals surface area contributed by atoms with Crippen molar-refractivity contribution in [2.75, 3.05) is 20.3 Å². The molecule has 1 aromatic rings. The Morgan fingerprint density at radius 3 is 3.12 bits per heavy atom. The van der Waals surface area contributed by atoms with Crippen LogP contribution in [0.3, 0.4) is 0 Å². The molecule has 0 bridgehead atoms. The van der Waals surface area contributed by atoms with Gasteiger partial charge in [0, 0.05) is 11.6 Å². The summed E-state index contributed by atoms with van der Waals surface area (Å²) in [5.41, 5.74) is 5.85. The van der Waals surface area contributed by atoms with Crippen LogP contribution in [0.25, 0.3) is 0 Å². The van der Waals surface area contributed by atoms with Gasteiger partial charge in [-0.05, 0) is 36.1 Å². The highest BCUT2D eigenvalue weighted by atomic mass is 79.9. The van der Waals surface area contributed by atoms with Crippen molar-refractivity contribution >= 4 is 15.9 Å². The molecule has 1 aliphatic carbocycles. The van der Waals surface area contributed by atoms with E-state index in [1.54, 1.807) is 7.11 Å². The summed E-state index contributed by atoms with van der Waals surface area (Å²) < 4.78 is 6.07. The Hall–Kier alpha value is -0.420. The second-order valence-corrected chi connectivity index (χ2v) is 4.81. The fourth-order valence-electron chi connectivity index (χ4n) is 1.99. The minimum absolute atomic E-state index is 0.319. The van der Waals surface area contributed by atoms with E-state index in [-0.39, 0.29) is 0 Å². The van der Waals surface area contributed by atoms with E-state index in [2.05, 4.69) is 39.6 Å². The van der Waals surface area contributed by atoms with Gasteiger partial charge in [-0.3, -0.25) is 4.84 Å². The first-order chi connectivity index (χ1) is 7.81. The highest BCUT2D eigenvalue weighted by Crippen LogP contribution is 2.32. The topological polar surface area (TPSA) is 30.5 Å². The van der Waals surface area contributed by atoms with E-state index in [9.17, 15) is 0 Å². The number of hydroxylamine groups is 1. The second kappa shape index (κ2) is 5.77. The van der Waals surface area contributed by atoms with E-state index >= 15 is 0 Å². The summed E-state index contributed by atoms with van der Waals surface area (Å²) in [7, 11) is 1.67. The molecular formula is C12H16BrNO2. The molecule has 2 rings (SSSR count). The minimum atomic E-state index is 0.319. The average Bonchev–Trinajstić information content (AvgIpc) is 2.67. The summed E-state index contributed by atoms with van der Waals surface area (Å²) in [6.45, 7) is 1.20. The Labute approximate surface area is 104 Å². The number of fused-ring (bicyclic) bond motifs is 1. The predicted octanol–water partition coefficient (Wildman–Crippen LogP) is 2.60. The van der Waals surface area contributed by atoms with Crippen molar-refractivity contribution in [3.63, 3.8) is 0 Å². The van der Waals surface area contributed by atoms with Crippen molar-refractivity contribution in [1.82, 2.24) is 5.48 Å². The van der Waals surface area contributed by atoms with E-state index in [1.807, 2.05) is 0 Å². The van der Waals surface area contributed by atoms with Crippen LogP contribution < -0.4 is 5.48 Å². The monoisotopic (exact) mass is 285 g/mol. The molecule has 16 heavy (non-hydrogen) atoms. The average molecular weight is 286 g/mol. The Morgan fingerprint density at radius 2 is 2.31 bits per heavy atom. The van der Waals surface area contributed by atoms with E-state index < -0.39 is 0 Å². The number of benzene rings is 1. The fraction of sp³-hybridized carbons (Fsp3) is 0.500. The summed E-state index contributed by atoms with van der Waals surface area (Å²) in [6.07, 6.45) is 2.21. The lowest BCUT2D eigenvalue weighted by molar-refractivity contribution is -0.0121. The number of halogens is 1. The van der Waals surface area contributed by atoms with Gasteiger partial charge >= 0.3 is 0 Å². The maximum atomic E-state index is 5.36. The molecule has 0 saturated carbocycles. The van der Waals surface area contributed by atoms with Gasteiger partial charge in [0.25, 0.3) is 0 Å². The van der Waals surface area contributed by atoms with Gasteiger partial charge in [-0.1, -0.05) is 22.0 Å². The molecule has 0 aromatic heterocycles. The van der Waals surface area contributed by atoms with Crippen molar-refractivity contribution in [3.8, 4) is 0 Å². The summed E-state index contributed by atoms with van der Waals surface area (Å²) in [6, 6.07) is 6.74. The molecule has 0 saturated heterocycles. The molecule has 0 spiro atoms. The largest absolute Gasteiger partial charge is 0.382 e. The number of ether oxygens (including phenoxy) is 1. The molecule has 1 unspecified atom stereocenters. The van der Waals surface area contributed by atoms with Crippen LogP contribution in [-0.4, -0.2) is 20.3 Å². The zero-order valence-electron chi connectivity index (χ0n) is 9.33. The van der Waals surface area contributed by atoms with Crippen molar-refractivity contribution in [3.05, 3.63) is 33.8 Å². The van der Waals surface area contributed by atoms with Crippen LogP contribution in [0.2, 0.25) is 0 Å². The van der Waals surface area contributed by atoms with Crippen LogP contribution in [0.4, 0.5) is 0 Å². The lowest BCUT2D eigenvalue weighted by atomic mass is 10.1. The van der Waals surface area contributed by atoms with Crippen LogP contribution >= 0.6 is 15.9 Å². The molecule has 1 aromatic carbocycles. The molecule has 4 heteroatoms. The second-order valence-electron chi connectivity index (χ2n) is 3.89.